The second-order valence-corrected chi connectivity index (χ2v) is 4.91. The van der Waals surface area contributed by atoms with Gasteiger partial charge in [0.1, 0.15) is 0 Å². The van der Waals surface area contributed by atoms with E-state index in [4.69, 9.17) is 6.42 Å². The summed E-state index contributed by atoms with van der Waals surface area (Å²) in [6.07, 6.45) is 7.73. The van der Waals surface area contributed by atoms with Gasteiger partial charge in [-0.2, -0.15) is 0 Å². The molecule has 0 saturated heterocycles. The second kappa shape index (κ2) is 9.69. The molecule has 1 N–H and O–H groups in total. The molecule has 0 aliphatic heterocycles. The SMILES string of the molecule is C#CCN(CCC)C(C)CCNCC(C)C. The first kappa shape index (κ1) is 15.5. The molecule has 0 fully saturated rings. The molecule has 0 rings (SSSR count). The monoisotopic (exact) mass is 224 g/mol. The smallest absolute Gasteiger partial charge is 0.0601 e. The van der Waals surface area contributed by atoms with Crippen molar-refractivity contribution < 1.29 is 0 Å². The van der Waals surface area contributed by atoms with Crippen molar-refractivity contribution in [3.05, 3.63) is 0 Å². The summed E-state index contributed by atoms with van der Waals surface area (Å²) >= 11 is 0. The Hall–Kier alpha value is -0.520. The Balaban J connectivity index is 3.74. The van der Waals surface area contributed by atoms with Crippen LogP contribution in [0.2, 0.25) is 0 Å². The van der Waals surface area contributed by atoms with Crippen LogP contribution in [0, 0.1) is 18.3 Å². The Morgan fingerprint density at radius 2 is 2.00 bits per heavy atom. The zero-order chi connectivity index (χ0) is 12.4. The van der Waals surface area contributed by atoms with Crippen molar-refractivity contribution in [3.63, 3.8) is 0 Å². The molecule has 0 saturated carbocycles. The topological polar surface area (TPSA) is 15.3 Å². The number of nitrogens with zero attached hydrogens (tertiary/aromatic N) is 1. The number of terminal acetylenes is 1. The molecule has 0 spiro atoms. The summed E-state index contributed by atoms with van der Waals surface area (Å²) in [6, 6.07) is 0.579. The van der Waals surface area contributed by atoms with Crippen LogP contribution in [-0.2, 0) is 0 Å². The predicted molar refractivity (Wildman–Crippen MR) is 72.5 cm³/mol. The third-order valence-electron chi connectivity index (χ3n) is 2.72. The minimum atomic E-state index is 0.579. The lowest BCUT2D eigenvalue weighted by molar-refractivity contribution is 0.223. The van der Waals surface area contributed by atoms with Crippen LogP contribution in [0.3, 0.4) is 0 Å². The Labute approximate surface area is 102 Å². The van der Waals surface area contributed by atoms with E-state index in [-0.39, 0.29) is 0 Å². The van der Waals surface area contributed by atoms with Crippen molar-refractivity contribution in [2.75, 3.05) is 26.2 Å². The van der Waals surface area contributed by atoms with Gasteiger partial charge in [-0.3, -0.25) is 4.90 Å². The fraction of sp³-hybridized carbons (Fsp3) is 0.857. The molecule has 0 heterocycles. The first-order chi connectivity index (χ1) is 7.61. The number of hydrogen-bond donors (Lipinski definition) is 1. The van der Waals surface area contributed by atoms with Crippen molar-refractivity contribution in [1.29, 1.82) is 0 Å². The molecule has 0 aromatic heterocycles. The predicted octanol–water partition coefficient (Wildman–Crippen LogP) is 2.36. The van der Waals surface area contributed by atoms with Gasteiger partial charge in [0.15, 0.2) is 0 Å². The molecular formula is C14H28N2. The van der Waals surface area contributed by atoms with Crippen molar-refractivity contribution in [2.24, 2.45) is 5.92 Å². The van der Waals surface area contributed by atoms with Gasteiger partial charge in [-0.15, -0.1) is 6.42 Å². The normalized spacial score (nSPS) is 13.1. The van der Waals surface area contributed by atoms with E-state index in [1.54, 1.807) is 0 Å². The summed E-state index contributed by atoms with van der Waals surface area (Å²) in [5, 5.41) is 3.48. The highest BCUT2D eigenvalue weighted by molar-refractivity contribution is 4.89. The summed E-state index contributed by atoms with van der Waals surface area (Å²) in [5.41, 5.74) is 0. The maximum Gasteiger partial charge on any atom is 0.0601 e. The van der Waals surface area contributed by atoms with Crippen LogP contribution >= 0.6 is 0 Å². The van der Waals surface area contributed by atoms with Gasteiger partial charge in [0.25, 0.3) is 0 Å². The van der Waals surface area contributed by atoms with Crippen molar-refractivity contribution >= 4 is 0 Å². The number of rotatable bonds is 9. The summed E-state index contributed by atoms with van der Waals surface area (Å²) in [7, 11) is 0. The molecule has 0 aliphatic carbocycles. The Kier molecular flexibility index (Phi) is 9.37. The number of nitrogens with one attached hydrogen (secondary N) is 1. The maximum absolute atomic E-state index is 5.38. The van der Waals surface area contributed by atoms with Gasteiger partial charge in [-0.1, -0.05) is 26.7 Å². The average Bonchev–Trinajstić information content (AvgIpc) is 2.23. The third-order valence-corrected chi connectivity index (χ3v) is 2.72. The van der Waals surface area contributed by atoms with Gasteiger partial charge in [-0.25, -0.2) is 0 Å². The van der Waals surface area contributed by atoms with E-state index < -0.39 is 0 Å². The molecule has 2 heteroatoms. The highest BCUT2D eigenvalue weighted by Gasteiger charge is 2.10. The summed E-state index contributed by atoms with van der Waals surface area (Å²) in [4.78, 5) is 2.39. The van der Waals surface area contributed by atoms with E-state index in [1.165, 1.54) is 12.8 Å². The standard InChI is InChI=1S/C14H28N2/c1-6-10-16(11-7-2)14(5)8-9-15-12-13(3)4/h1,13-15H,7-12H2,2-5H3. The lowest BCUT2D eigenvalue weighted by atomic mass is 10.1. The molecule has 1 atom stereocenters. The maximum atomic E-state index is 5.38. The molecule has 0 aliphatic rings. The Morgan fingerprint density at radius 1 is 1.31 bits per heavy atom. The third kappa shape index (κ3) is 7.73. The van der Waals surface area contributed by atoms with Crippen LogP contribution in [0.15, 0.2) is 0 Å². The van der Waals surface area contributed by atoms with E-state index in [1.807, 2.05) is 0 Å². The Bertz CT molecular complexity index is 193. The minimum absolute atomic E-state index is 0.579. The van der Waals surface area contributed by atoms with Gasteiger partial charge in [0, 0.05) is 6.04 Å². The van der Waals surface area contributed by atoms with Gasteiger partial charge < -0.3 is 5.32 Å². The molecule has 2 nitrogen and oxygen atoms in total. The van der Waals surface area contributed by atoms with Crippen molar-refractivity contribution in [2.45, 2.75) is 46.6 Å². The van der Waals surface area contributed by atoms with E-state index in [9.17, 15) is 0 Å². The van der Waals surface area contributed by atoms with Crippen LogP contribution in [0.4, 0.5) is 0 Å². The van der Waals surface area contributed by atoms with E-state index in [0.717, 1.165) is 32.1 Å². The van der Waals surface area contributed by atoms with Crippen LogP contribution < -0.4 is 5.32 Å². The van der Waals surface area contributed by atoms with Gasteiger partial charge in [-0.05, 0) is 45.3 Å². The summed E-state index contributed by atoms with van der Waals surface area (Å²) < 4.78 is 0. The van der Waals surface area contributed by atoms with Gasteiger partial charge in [0.2, 0.25) is 0 Å². The molecule has 0 bridgehead atoms. The zero-order valence-corrected chi connectivity index (χ0v) is 11.4. The van der Waals surface area contributed by atoms with Crippen LogP contribution in [0.25, 0.3) is 0 Å². The molecular weight excluding hydrogens is 196 g/mol. The zero-order valence-electron chi connectivity index (χ0n) is 11.4. The Morgan fingerprint density at radius 3 is 2.50 bits per heavy atom. The molecule has 0 amide bonds. The number of hydrogen-bond acceptors (Lipinski definition) is 2. The van der Waals surface area contributed by atoms with Crippen LogP contribution in [0.5, 0.6) is 0 Å². The minimum Gasteiger partial charge on any atom is -0.316 e. The highest BCUT2D eigenvalue weighted by Crippen LogP contribution is 2.03. The van der Waals surface area contributed by atoms with Crippen molar-refractivity contribution in [1.82, 2.24) is 10.2 Å². The quantitative estimate of drug-likeness (QED) is 0.478. The van der Waals surface area contributed by atoms with E-state index >= 15 is 0 Å². The van der Waals surface area contributed by atoms with Crippen molar-refractivity contribution in [3.8, 4) is 12.3 Å². The highest BCUT2D eigenvalue weighted by atomic mass is 15.1. The molecule has 0 radical (unpaired) electrons. The molecule has 94 valence electrons. The van der Waals surface area contributed by atoms with Gasteiger partial charge >= 0.3 is 0 Å². The van der Waals surface area contributed by atoms with E-state index in [2.05, 4.69) is 43.8 Å². The largest absolute Gasteiger partial charge is 0.316 e. The second-order valence-electron chi connectivity index (χ2n) is 4.91. The lowest BCUT2D eigenvalue weighted by Gasteiger charge is -2.27. The summed E-state index contributed by atoms with van der Waals surface area (Å²) in [5.74, 6) is 3.48. The molecule has 0 aromatic rings. The van der Waals surface area contributed by atoms with Gasteiger partial charge in [0.05, 0.1) is 6.54 Å². The van der Waals surface area contributed by atoms with Crippen LogP contribution in [-0.4, -0.2) is 37.1 Å². The first-order valence-corrected chi connectivity index (χ1v) is 6.50. The lowest BCUT2D eigenvalue weighted by Crippen LogP contribution is -2.36. The van der Waals surface area contributed by atoms with E-state index in [0.29, 0.717) is 6.04 Å². The van der Waals surface area contributed by atoms with Crippen LogP contribution in [0.1, 0.15) is 40.5 Å². The average molecular weight is 224 g/mol. The fourth-order valence-electron chi connectivity index (χ4n) is 1.74. The molecule has 0 aromatic carbocycles. The fourth-order valence-corrected chi connectivity index (χ4v) is 1.74. The first-order valence-electron chi connectivity index (χ1n) is 6.50. The molecule has 16 heavy (non-hydrogen) atoms. The molecule has 1 unspecified atom stereocenters. The summed E-state index contributed by atoms with van der Waals surface area (Å²) in [6.45, 7) is 13.0.